The summed E-state index contributed by atoms with van der Waals surface area (Å²) in [6.07, 6.45) is 0.839. The predicted molar refractivity (Wildman–Crippen MR) is 66.0 cm³/mol. The zero-order chi connectivity index (χ0) is 13.1. The van der Waals surface area contributed by atoms with E-state index < -0.39 is 0 Å². The summed E-state index contributed by atoms with van der Waals surface area (Å²) in [4.78, 5) is 27.6. The summed E-state index contributed by atoms with van der Waals surface area (Å²) in [5.41, 5.74) is 0. The SMILES string of the molecule is CNC1COCC1C(=O)N1CCCN(C)C(=O)C1. The van der Waals surface area contributed by atoms with Gasteiger partial charge in [0, 0.05) is 26.2 Å². The number of nitrogens with zero attached hydrogens (tertiary/aromatic N) is 2. The van der Waals surface area contributed by atoms with E-state index in [1.165, 1.54) is 0 Å². The Bertz CT molecular complexity index is 335. The minimum Gasteiger partial charge on any atom is -0.379 e. The highest BCUT2D eigenvalue weighted by Gasteiger charge is 2.36. The van der Waals surface area contributed by atoms with Crippen molar-refractivity contribution >= 4 is 11.8 Å². The molecule has 2 atom stereocenters. The van der Waals surface area contributed by atoms with Gasteiger partial charge in [-0.1, -0.05) is 0 Å². The highest BCUT2D eigenvalue weighted by molar-refractivity contribution is 5.86. The molecule has 2 saturated heterocycles. The van der Waals surface area contributed by atoms with Crippen LogP contribution in [0.25, 0.3) is 0 Å². The molecule has 0 spiro atoms. The van der Waals surface area contributed by atoms with Crippen molar-refractivity contribution in [1.82, 2.24) is 15.1 Å². The molecule has 0 aromatic heterocycles. The van der Waals surface area contributed by atoms with Crippen molar-refractivity contribution in [3.63, 3.8) is 0 Å². The quantitative estimate of drug-likeness (QED) is 0.681. The Kier molecular flexibility index (Phi) is 4.19. The second kappa shape index (κ2) is 5.67. The van der Waals surface area contributed by atoms with Crippen LogP contribution in [-0.2, 0) is 14.3 Å². The number of carbonyl (C=O) groups is 2. The van der Waals surface area contributed by atoms with Gasteiger partial charge in [-0.05, 0) is 13.5 Å². The van der Waals surface area contributed by atoms with Crippen LogP contribution in [0.2, 0.25) is 0 Å². The Balaban J connectivity index is 2.01. The number of nitrogens with one attached hydrogen (secondary N) is 1. The third kappa shape index (κ3) is 2.64. The van der Waals surface area contributed by atoms with Gasteiger partial charge >= 0.3 is 0 Å². The van der Waals surface area contributed by atoms with Gasteiger partial charge in [0.25, 0.3) is 0 Å². The molecule has 18 heavy (non-hydrogen) atoms. The van der Waals surface area contributed by atoms with Gasteiger partial charge in [0.1, 0.15) is 0 Å². The van der Waals surface area contributed by atoms with Crippen molar-refractivity contribution in [2.75, 3.05) is 46.9 Å². The molecule has 102 valence electrons. The predicted octanol–water partition coefficient (Wildman–Crippen LogP) is -1.09. The number of hydrogen-bond donors (Lipinski definition) is 1. The van der Waals surface area contributed by atoms with Crippen LogP contribution in [0, 0.1) is 5.92 Å². The van der Waals surface area contributed by atoms with Gasteiger partial charge in [0.2, 0.25) is 11.8 Å². The smallest absolute Gasteiger partial charge is 0.241 e. The van der Waals surface area contributed by atoms with Gasteiger partial charge in [0.15, 0.2) is 0 Å². The maximum atomic E-state index is 12.4. The van der Waals surface area contributed by atoms with Crippen LogP contribution in [-0.4, -0.2) is 74.6 Å². The van der Waals surface area contributed by atoms with Crippen LogP contribution in [0.4, 0.5) is 0 Å². The van der Waals surface area contributed by atoms with E-state index in [1.54, 1.807) is 16.8 Å². The summed E-state index contributed by atoms with van der Waals surface area (Å²) in [6.45, 7) is 2.59. The maximum Gasteiger partial charge on any atom is 0.241 e. The molecule has 6 heteroatoms. The number of rotatable bonds is 2. The Hall–Kier alpha value is -1.14. The van der Waals surface area contributed by atoms with Gasteiger partial charge in [0.05, 0.1) is 25.7 Å². The average Bonchev–Trinajstić information content (AvgIpc) is 2.77. The third-order valence-corrected chi connectivity index (χ3v) is 3.75. The molecule has 2 fully saturated rings. The number of likely N-dealkylation sites (N-methyl/N-ethyl adjacent to an activating group) is 2. The third-order valence-electron chi connectivity index (χ3n) is 3.75. The molecule has 0 radical (unpaired) electrons. The second-order valence-electron chi connectivity index (χ2n) is 4.97. The normalized spacial score (nSPS) is 29.6. The van der Waals surface area contributed by atoms with Crippen LogP contribution >= 0.6 is 0 Å². The lowest BCUT2D eigenvalue weighted by atomic mass is 10.0. The van der Waals surface area contributed by atoms with Gasteiger partial charge in [-0.25, -0.2) is 0 Å². The summed E-state index contributed by atoms with van der Waals surface area (Å²) >= 11 is 0. The molecule has 2 amide bonds. The first-order valence-electron chi connectivity index (χ1n) is 6.41. The summed E-state index contributed by atoms with van der Waals surface area (Å²) in [6, 6.07) is 0.0635. The van der Waals surface area contributed by atoms with Crippen molar-refractivity contribution in [2.24, 2.45) is 5.92 Å². The van der Waals surface area contributed by atoms with E-state index in [2.05, 4.69) is 5.32 Å². The monoisotopic (exact) mass is 255 g/mol. The number of hydrogen-bond acceptors (Lipinski definition) is 4. The molecule has 1 N–H and O–H groups in total. The van der Waals surface area contributed by atoms with E-state index in [1.807, 2.05) is 7.05 Å². The molecule has 2 rings (SSSR count). The Morgan fingerprint density at radius 1 is 1.39 bits per heavy atom. The van der Waals surface area contributed by atoms with Gasteiger partial charge in [-0.15, -0.1) is 0 Å². The highest BCUT2D eigenvalue weighted by Crippen LogP contribution is 2.17. The zero-order valence-electron chi connectivity index (χ0n) is 11.0. The summed E-state index contributed by atoms with van der Waals surface area (Å²) in [5, 5.41) is 3.10. The molecule has 2 unspecified atom stereocenters. The summed E-state index contributed by atoms with van der Waals surface area (Å²) in [7, 11) is 3.62. The Morgan fingerprint density at radius 3 is 2.89 bits per heavy atom. The topological polar surface area (TPSA) is 61.9 Å². The van der Waals surface area contributed by atoms with Crippen LogP contribution in [0.1, 0.15) is 6.42 Å². The van der Waals surface area contributed by atoms with E-state index in [-0.39, 0.29) is 30.3 Å². The molecule has 0 saturated carbocycles. The molecule has 2 aliphatic heterocycles. The van der Waals surface area contributed by atoms with E-state index in [0.717, 1.165) is 13.0 Å². The van der Waals surface area contributed by atoms with E-state index >= 15 is 0 Å². The van der Waals surface area contributed by atoms with Crippen LogP contribution in [0.15, 0.2) is 0 Å². The molecule has 0 aromatic rings. The first kappa shape index (κ1) is 13.3. The minimum absolute atomic E-state index is 0.0146. The molecular formula is C12H21N3O3. The van der Waals surface area contributed by atoms with Gasteiger partial charge in [-0.2, -0.15) is 0 Å². The second-order valence-corrected chi connectivity index (χ2v) is 4.97. The molecule has 2 heterocycles. The molecule has 0 bridgehead atoms. The van der Waals surface area contributed by atoms with E-state index in [4.69, 9.17) is 4.74 Å². The van der Waals surface area contributed by atoms with E-state index in [9.17, 15) is 9.59 Å². The highest BCUT2D eigenvalue weighted by atomic mass is 16.5. The van der Waals surface area contributed by atoms with Crippen molar-refractivity contribution in [2.45, 2.75) is 12.5 Å². The van der Waals surface area contributed by atoms with Crippen molar-refractivity contribution in [3.05, 3.63) is 0 Å². The summed E-state index contributed by atoms with van der Waals surface area (Å²) < 4.78 is 5.35. The average molecular weight is 255 g/mol. The lowest BCUT2D eigenvalue weighted by molar-refractivity contribution is -0.141. The fourth-order valence-corrected chi connectivity index (χ4v) is 2.49. The van der Waals surface area contributed by atoms with E-state index in [0.29, 0.717) is 19.8 Å². The molecule has 6 nitrogen and oxygen atoms in total. The first-order valence-corrected chi connectivity index (χ1v) is 6.41. The van der Waals surface area contributed by atoms with Gasteiger partial charge in [-0.3, -0.25) is 9.59 Å². The molecule has 0 aromatic carbocycles. The maximum absolute atomic E-state index is 12.4. The lowest BCUT2D eigenvalue weighted by Crippen LogP contribution is -2.46. The fourth-order valence-electron chi connectivity index (χ4n) is 2.49. The number of carbonyl (C=O) groups excluding carboxylic acids is 2. The zero-order valence-corrected chi connectivity index (χ0v) is 11.0. The summed E-state index contributed by atoms with van der Waals surface area (Å²) in [5.74, 6) is -0.109. The van der Waals surface area contributed by atoms with Crippen molar-refractivity contribution in [1.29, 1.82) is 0 Å². The molecule has 2 aliphatic rings. The van der Waals surface area contributed by atoms with Crippen LogP contribution in [0.5, 0.6) is 0 Å². The largest absolute Gasteiger partial charge is 0.379 e. The minimum atomic E-state index is -0.161. The van der Waals surface area contributed by atoms with Crippen LogP contribution < -0.4 is 5.32 Å². The number of amides is 2. The fraction of sp³-hybridized carbons (Fsp3) is 0.833. The molecular weight excluding hydrogens is 234 g/mol. The standard InChI is InChI=1S/C12H21N3O3/c1-13-10-8-18-7-9(10)12(17)15-5-3-4-14(2)11(16)6-15/h9-10,13H,3-8H2,1-2H3. The van der Waals surface area contributed by atoms with Crippen molar-refractivity contribution < 1.29 is 14.3 Å². The Labute approximate surface area is 107 Å². The first-order chi connectivity index (χ1) is 8.63. The molecule has 0 aliphatic carbocycles. The number of ether oxygens (including phenoxy) is 1. The lowest BCUT2D eigenvalue weighted by Gasteiger charge is -2.25. The Morgan fingerprint density at radius 2 is 2.17 bits per heavy atom. The van der Waals surface area contributed by atoms with Crippen molar-refractivity contribution in [3.8, 4) is 0 Å². The van der Waals surface area contributed by atoms with Crippen LogP contribution in [0.3, 0.4) is 0 Å². The van der Waals surface area contributed by atoms with Gasteiger partial charge < -0.3 is 19.9 Å².